The Morgan fingerprint density at radius 2 is 1.93 bits per heavy atom. The SMILES string of the molecule is NC1(c2cccc(Cl)c2F)CCCC1. The van der Waals surface area contributed by atoms with Crippen LogP contribution in [0, 0.1) is 5.82 Å². The molecular weight excluding hydrogens is 201 g/mol. The fourth-order valence-corrected chi connectivity index (χ4v) is 2.34. The highest BCUT2D eigenvalue weighted by Crippen LogP contribution is 2.38. The molecule has 14 heavy (non-hydrogen) atoms. The minimum atomic E-state index is -0.491. The number of benzene rings is 1. The smallest absolute Gasteiger partial charge is 0.146 e. The quantitative estimate of drug-likeness (QED) is 0.762. The second-order valence-electron chi connectivity index (χ2n) is 3.96. The van der Waals surface area contributed by atoms with Crippen LogP contribution < -0.4 is 5.73 Å². The van der Waals surface area contributed by atoms with Crippen molar-refractivity contribution in [3.63, 3.8) is 0 Å². The first-order valence-corrected chi connectivity index (χ1v) is 5.25. The number of rotatable bonds is 1. The zero-order chi connectivity index (χ0) is 10.2. The molecule has 0 spiro atoms. The average Bonchev–Trinajstić information content (AvgIpc) is 2.58. The van der Waals surface area contributed by atoms with Crippen molar-refractivity contribution in [1.82, 2.24) is 0 Å². The van der Waals surface area contributed by atoms with Crippen LogP contribution in [0.15, 0.2) is 18.2 Å². The molecule has 0 atom stereocenters. The van der Waals surface area contributed by atoms with Crippen molar-refractivity contribution in [2.45, 2.75) is 31.2 Å². The Balaban J connectivity index is 2.45. The molecule has 3 heteroatoms. The molecule has 76 valence electrons. The minimum Gasteiger partial charge on any atom is -0.321 e. The van der Waals surface area contributed by atoms with Crippen LogP contribution in [0.4, 0.5) is 4.39 Å². The summed E-state index contributed by atoms with van der Waals surface area (Å²) in [6.45, 7) is 0. The van der Waals surface area contributed by atoms with E-state index in [4.69, 9.17) is 17.3 Å². The number of hydrogen-bond acceptors (Lipinski definition) is 1. The topological polar surface area (TPSA) is 26.0 Å². The second-order valence-corrected chi connectivity index (χ2v) is 4.37. The highest BCUT2D eigenvalue weighted by molar-refractivity contribution is 6.30. The largest absolute Gasteiger partial charge is 0.321 e. The summed E-state index contributed by atoms with van der Waals surface area (Å²) in [6, 6.07) is 5.05. The lowest BCUT2D eigenvalue weighted by Crippen LogP contribution is -2.34. The van der Waals surface area contributed by atoms with Gasteiger partial charge in [-0.3, -0.25) is 0 Å². The molecule has 1 aliphatic carbocycles. The summed E-state index contributed by atoms with van der Waals surface area (Å²) in [4.78, 5) is 0. The Labute approximate surface area is 88.1 Å². The van der Waals surface area contributed by atoms with E-state index in [1.807, 2.05) is 0 Å². The molecule has 0 aromatic heterocycles. The van der Waals surface area contributed by atoms with Crippen molar-refractivity contribution in [3.05, 3.63) is 34.6 Å². The Morgan fingerprint density at radius 3 is 2.57 bits per heavy atom. The third-order valence-corrected chi connectivity index (χ3v) is 3.28. The molecule has 0 amide bonds. The van der Waals surface area contributed by atoms with Crippen molar-refractivity contribution in [2.24, 2.45) is 5.73 Å². The molecule has 1 fully saturated rings. The monoisotopic (exact) mass is 213 g/mol. The van der Waals surface area contributed by atoms with Crippen LogP contribution in [-0.2, 0) is 5.54 Å². The predicted molar refractivity (Wildman–Crippen MR) is 55.7 cm³/mol. The van der Waals surface area contributed by atoms with Gasteiger partial charge in [-0.05, 0) is 18.9 Å². The summed E-state index contributed by atoms with van der Waals surface area (Å²) in [5, 5.41) is 0.166. The van der Waals surface area contributed by atoms with Crippen molar-refractivity contribution in [3.8, 4) is 0 Å². The molecule has 2 N–H and O–H groups in total. The lowest BCUT2D eigenvalue weighted by molar-refractivity contribution is 0.433. The van der Waals surface area contributed by atoms with Gasteiger partial charge in [-0.15, -0.1) is 0 Å². The molecule has 0 aliphatic heterocycles. The first-order valence-electron chi connectivity index (χ1n) is 4.87. The summed E-state index contributed by atoms with van der Waals surface area (Å²) < 4.78 is 13.7. The van der Waals surface area contributed by atoms with Crippen LogP contribution in [-0.4, -0.2) is 0 Å². The van der Waals surface area contributed by atoms with Crippen molar-refractivity contribution in [1.29, 1.82) is 0 Å². The van der Waals surface area contributed by atoms with E-state index < -0.39 is 5.54 Å². The fraction of sp³-hybridized carbons (Fsp3) is 0.455. The molecule has 1 aromatic carbocycles. The maximum atomic E-state index is 13.7. The third-order valence-electron chi connectivity index (χ3n) is 2.98. The normalized spacial score (nSPS) is 19.9. The molecule has 0 saturated heterocycles. The lowest BCUT2D eigenvalue weighted by atomic mass is 9.89. The third kappa shape index (κ3) is 1.53. The van der Waals surface area contributed by atoms with Gasteiger partial charge < -0.3 is 5.73 Å². The van der Waals surface area contributed by atoms with Gasteiger partial charge in [0.05, 0.1) is 5.02 Å². The van der Waals surface area contributed by atoms with Crippen LogP contribution in [0.25, 0.3) is 0 Å². The van der Waals surface area contributed by atoms with Gasteiger partial charge in [0.2, 0.25) is 0 Å². The second kappa shape index (κ2) is 3.52. The molecule has 0 bridgehead atoms. The maximum absolute atomic E-state index is 13.7. The molecular formula is C11H13ClFN. The first-order chi connectivity index (χ1) is 6.63. The minimum absolute atomic E-state index is 0.166. The van der Waals surface area contributed by atoms with E-state index in [0.717, 1.165) is 25.7 Å². The highest BCUT2D eigenvalue weighted by Gasteiger charge is 2.33. The fourth-order valence-electron chi connectivity index (χ4n) is 2.16. The van der Waals surface area contributed by atoms with Gasteiger partial charge in [0.1, 0.15) is 5.82 Å². The Kier molecular flexibility index (Phi) is 2.50. The van der Waals surface area contributed by atoms with E-state index in [-0.39, 0.29) is 10.8 Å². The van der Waals surface area contributed by atoms with Crippen molar-refractivity contribution >= 4 is 11.6 Å². The Morgan fingerprint density at radius 1 is 1.29 bits per heavy atom. The highest BCUT2D eigenvalue weighted by atomic mass is 35.5. The maximum Gasteiger partial charge on any atom is 0.146 e. The van der Waals surface area contributed by atoms with E-state index in [1.165, 1.54) is 0 Å². The van der Waals surface area contributed by atoms with Gasteiger partial charge >= 0.3 is 0 Å². The lowest BCUT2D eigenvalue weighted by Gasteiger charge is -2.24. The molecule has 0 heterocycles. The molecule has 0 unspecified atom stereocenters. The first kappa shape index (κ1) is 9.94. The zero-order valence-corrected chi connectivity index (χ0v) is 8.65. The van der Waals surface area contributed by atoms with Gasteiger partial charge in [-0.25, -0.2) is 4.39 Å². The molecule has 0 radical (unpaired) electrons. The van der Waals surface area contributed by atoms with Crippen LogP contribution >= 0.6 is 11.6 Å². The van der Waals surface area contributed by atoms with Gasteiger partial charge in [-0.1, -0.05) is 36.6 Å². The average molecular weight is 214 g/mol. The van der Waals surface area contributed by atoms with Gasteiger partial charge in [0, 0.05) is 11.1 Å². The summed E-state index contributed by atoms with van der Waals surface area (Å²) >= 11 is 5.72. The number of halogens is 2. The van der Waals surface area contributed by atoms with E-state index in [9.17, 15) is 4.39 Å². The van der Waals surface area contributed by atoms with Crippen molar-refractivity contribution in [2.75, 3.05) is 0 Å². The van der Waals surface area contributed by atoms with Crippen LogP contribution in [0.1, 0.15) is 31.2 Å². The molecule has 1 nitrogen and oxygen atoms in total. The molecule has 2 rings (SSSR count). The molecule has 1 saturated carbocycles. The van der Waals surface area contributed by atoms with E-state index in [0.29, 0.717) is 5.56 Å². The van der Waals surface area contributed by atoms with Gasteiger partial charge in [-0.2, -0.15) is 0 Å². The van der Waals surface area contributed by atoms with E-state index in [1.54, 1.807) is 18.2 Å². The molecule has 1 aromatic rings. The number of hydrogen-bond donors (Lipinski definition) is 1. The standard InChI is InChI=1S/C11H13ClFN/c12-9-5-3-4-8(10(9)13)11(14)6-1-2-7-11/h3-5H,1-2,6-7,14H2. The Hall–Kier alpha value is -0.600. The van der Waals surface area contributed by atoms with Crippen LogP contribution in [0.5, 0.6) is 0 Å². The summed E-state index contributed by atoms with van der Waals surface area (Å²) in [5.41, 5.74) is 6.23. The summed E-state index contributed by atoms with van der Waals surface area (Å²) in [7, 11) is 0. The number of nitrogens with two attached hydrogens (primary N) is 1. The predicted octanol–water partition coefficient (Wildman–Crippen LogP) is 3.21. The van der Waals surface area contributed by atoms with Gasteiger partial charge in [0.15, 0.2) is 0 Å². The summed E-state index contributed by atoms with van der Waals surface area (Å²) in [6.07, 6.45) is 3.85. The van der Waals surface area contributed by atoms with Crippen LogP contribution in [0.2, 0.25) is 5.02 Å². The molecule has 1 aliphatic rings. The van der Waals surface area contributed by atoms with Gasteiger partial charge in [0.25, 0.3) is 0 Å². The zero-order valence-electron chi connectivity index (χ0n) is 7.89. The van der Waals surface area contributed by atoms with E-state index >= 15 is 0 Å². The van der Waals surface area contributed by atoms with Crippen molar-refractivity contribution < 1.29 is 4.39 Å². The van der Waals surface area contributed by atoms with E-state index in [2.05, 4.69) is 0 Å². The van der Waals surface area contributed by atoms with Crippen LogP contribution in [0.3, 0.4) is 0 Å². The summed E-state index contributed by atoms with van der Waals surface area (Å²) in [5.74, 6) is -0.349. The Bertz CT molecular complexity index is 345.